The summed E-state index contributed by atoms with van der Waals surface area (Å²) in [6, 6.07) is 6.69. The van der Waals surface area contributed by atoms with Gasteiger partial charge in [-0.2, -0.15) is 0 Å². The monoisotopic (exact) mass is 225 g/mol. The van der Waals surface area contributed by atoms with E-state index in [0.29, 0.717) is 12.2 Å². The molecule has 0 bridgehead atoms. The van der Waals surface area contributed by atoms with Crippen LogP contribution in [0.2, 0.25) is 0 Å². The molecule has 1 aromatic rings. The number of hydrogen-bond donors (Lipinski definition) is 2. The Hall–Kier alpha value is -1.59. The molecule has 0 atom stereocenters. The van der Waals surface area contributed by atoms with Crippen LogP contribution in [0.5, 0.6) is 0 Å². The average molecular weight is 225 g/mol. The first kappa shape index (κ1) is 12.5. The van der Waals surface area contributed by atoms with Gasteiger partial charge in [-0.05, 0) is 12.1 Å². The number of anilines is 1. The zero-order valence-corrected chi connectivity index (χ0v) is 9.27. The number of aromatic carboxylic acids is 1. The summed E-state index contributed by atoms with van der Waals surface area (Å²) in [7, 11) is 3.05. The summed E-state index contributed by atoms with van der Waals surface area (Å²) in [5.74, 6) is -0.963. The minimum Gasteiger partial charge on any atom is -0.478 e. The van der Waals surface area contributed by atoms with Crippen molar-refractivity contribution in [2.75, 3.05) is 26.1 Å². The minimum atomic E-state index is -0.963. The fraction of sp³-hybridized carbons (Fsp3) is 0.364. The molecule has 0 saturated carbocycles. The van der Waals surface area contributed by atoms with Gasteiger partial charge < -0.3 is 19.9 Å². The van der Waals surface area contributed by atoms with Crippen LogP contribution in [-0.2, 0) is 9.47 Å². The molecule has 0 aromatic heterocycles. The third-order valence-electron chi connectivity index (χ3n) is 2.14. The highest BCUT2D eigenvalue weighted by atomic mass is 16.7. The summed E-state index contributed by atoms with van der Waals surface area (Å²) in [5.41, 5.74) is 0.780. The molecule has 0 radical (unpaired) electrons. The Labute approximate surface area is 94.0 Å². The second kappa shape index (κ2) is 6.09. The van der Waals surface area contributed by atoms with E-state index < -0.39 is 12.3 Å². The van der Waals surface area contributed by atoms with Gasteiger partial charge >= 0.3 is 5.97 Å². The summed E-state index contributed by atoms with van der Waals surface area (Å²) in [4.78, 5) is 10.9. The van der Waals surface area contributed by atoms with Crippen LogP contribution in [0.4, 0.5) is 5.69 Å². The predicted molar refractivity (Wildman–Crippen MR) is 59.7 cm³/mol. The van der Waals surface area contributed by atoms with E-state index in [0.717, 1.165) is 0 Å². The van der Waals surface area contributed by atoms with Gasteiger partial charge in [-0.1, -0.05) is 12.1 Å². The van der Waals surface area contributed by atoms with Gasteiger partial charge in [-0.3, -0.25) is 0 Å². The number of benzene rings is 1. The van der Waals surface area contributed by atoms with E-state index in [2.05, 4.69) is 5.32 Å². The van der Waals surface area contributed by atoms with Gasteiger partial charge in [0.2, 0.25) is 0 Å². The number of carboxylic acids is 1. The fourth-order valence-electron chi connectivity index (χ4n) is 1.28. The minimum absolute atomic E-state index is 0.230. The van der Waals surface area contributed by atoms with Crippen LogP contribution in [0.1, 0.15) is 10.4 Å². The zero-order chi connectivity index (χ0) is 12.0. The first-order valence-electron chi connectivity index (χ1n) is 4.80. The molecule has 0 heterocycles. The predicted octanol–water partition coefficient (Wildman–Crippen LogP) is 1.42. The second-order valence-corrected chi connectivity index (χ2v) is 3.13. The lowest BCUT2D eigenvalue weighted by atomic mass is 10.2. The highest BCUT2D eigenvalue weighted by Gasteiger charge is 2.10. The zero-order valence-electron chi connectivity index (χ0n) is 9.27. The van der Waals surface area contributed by atoms with E-state index in [9.17, 15) is 4.79 Å². The first-order chi connectivity index (χ1) is 7.69. The summed E-state index contributed by atoms with van der Waals surface area (Å²) < 4.78 is 9.98. The molecule has 0 aliphatic rings. The fourth-order valence-corrected chi connectivity index (χ4v) is 1.28. The van der Waals surface area contributed by atoms with Crippen molar-refractivity contribution in [1.29, 1.82) is 0 Å². The van der Waals surface area contributed by atoms with Crippen molar-refractivity contribution in [3.8, 4) is 0 Å². The summed E-state index contributed by atoms with van der Waals surface area (Å²) >= 11 is 0. The second-order valence-electron chi connectivity index (χ2n) is 3.13. The highest BCUT2D eigenvalue weighted by molar-refractivity contribution is 5.94. The van der Waals surface area contributed by atoms with Crippen LogP contribution in [0.15, 0.2) is 24.3 Å². The van der Waals surface area contributed by atoms with Crippen molar-refractivity contribution < 1.29 is 19.4 Å². The van der Waals surface area contributed by atoms with Crippen molar-refractivity contribution in [3.05, 3.63) is 29.8 Å². The average Bonchev–Trinajstić information content (AvgIpc) is 2.30. The van der Waals surface area contributed by atoms with Crippen LogP contribution in [-0.4, -0.2) is 38.1 Å². The molecule has 0 fully saturated rings. The Balaban J connectivity index is 2.69. The Morgan fingerprint density at radius 1 is 1.38 bits per heavy atom. The van der Waals surface area contributed by atoms with E-state index in [1.807, 2.05) is 0 Å². The van der Waals surface area contributed by atoms with E-state index in [1.54, 1.807) is 24.3 Å². The molecule has 5 nitrogen and oxygen atoms in total. The molecular weight excluding hydrogens is 210 g/mol. The maximum absolute atomic E-state index is 10.9. The molecule has 0 spiro atoms. The number of hydrogen-bond acceptors (Lipinski definition) is 4. The van der Waals surface area contributed by atoms with Gasteiger partial charge in [-0.25, -0.2) is 4.79 Å². The van der Waals surface area contributed by atoms with Crippen molar-refractivity contribution in [2.24, 2.45) is 0 Å². The number of para-hydroxylation sites is 1. The van der Waals surface area contributed by atoms with Crippen LogP contribution in [0.3, 0.4) is 0 Å². The normalized spacial score (nSPS) is 10.4. The largest absolute Gasteiger partial charge is 0.478 e. The number of nitrogens with one attached hydrogen (secondary N) is 1. The lowest BCUT2D eigenvalue weighted by Crippen LogP contribution is -2.24. The third-order valence-corrected chi connectivity index (χ3v) is 2.14. The molecule has 1 rings (SSSR count). The molecule has 1 aromatic carbocycles. The van der Waals surface area contributed by atoms with Crippen LogP contribution >= 0.6 is 0 Å². The lowest BCUT2D eigenvalue weighted by Gasteiger charge is -2.15. The van der Waals surface area contributed by atoms with Gasteiger partial charge in [0, 0.05) is 19.9 Å². The summed E-state index contributed by atoms with van der Waals surface area (Å²) in [6.07, 6.45) is -0.401. The third kappa shape index (κ3) is 3.22. The topological polar surface area (TPSA) is 67.8 Å². The van der Waals surface area contributed by atoms with Crippen LogP contribution < -0.4 is 5.32 Å². The molecule has 0 unspecified atom stereocenters. The van der Waals surface area contributed by atoms with Gasteiger partial charge in [0.15, 0.2) is 6.29 Å². The number of ether oxygens (including phenoxy) is 2. The smallest absolute Gasteiger partial charge is 0.337 e. The van der Waals surface area contributed by atoms with Gasteiger partial charge in [0.1, 0.15) is 0 Å². The molecule has 5 heteroatoms. The maximum atomic E-state index is 10.9. The molecular formula is C11H15NO4. The van der Waals surface area contributed by atoms with Crippen molar-refractivity contribution in [2.45, 2.75) is 6.29 Å². The Kier molecular flexibility index (Phi) is 4.75. The summed E-state index contributed by atoms with van der Waals surface area (Å²) in [5, 5.41) is 11.9. The Morgan fingerprint density at radius 3 is 2.56 bits per heavy atom. The Bertz CT molecular complexity index is 350. The van der Waals surface area contributed by atoms with Crippen molar-refractivity contribution in [1.82, 2.24) is 0 Å². The molecule has 0 aliphatic heterocycles. The molecule has 0 aliphatic carbocycles. The van der Waals surface area contributed by atoms with Gasteiger partial charge in [0.05, 0.1) is 12.1 Å². The van der Waals surface area contributed by atoms with E-state index in [1.165, 1.54) is 14.2 Å². The molecule has 2 N–H and O–H groups in total. The van der Waals surface area contributed by atoms with E-state index >= 15 is 0 Å². The van der Waals surface area contributed by atoms with Gasteiger partial charge in [0.25, 0.3) is 0 Å². The SMILES string of the molecule is COC(CNc1ccccc1C(=O)O)OC. The van der Waals surface area contributed by atoms with E-state index in [-0.39, 0.29) is 5.56 Å². The molecule has 0 amide bonds. The van der Waals surface area contributed by atoms with Crippen LogP contribution in [0, 0.1) is 0 Å². The number of carbonyl (C=O) groups is 1. The highest BCUT2D eigenvalue weighted by Crippen LogP contribution is 2.14. The molecule has 16 heavy (non-hydrogen) atoms. The first-order valence-corrected chi connectivity index (χ1v) is 4.80. The standard InChI is InChI=1S/C11H15NO4/c1-15-10(16-2)7-12-9-6-4-3-5-8(9)11(13)14/h3-6,10,12H,7H2,1-2H3,(H,13,14). The number of rotatable bonds is 6. The number of methoxy groups -OCH3 is 2. The quantitative estimate of drug-likeness (QED) is 0.716. The van der Waals surface area contributed by atoms with Gasteiger partial charge in [-0.15, -0.1) is 0 Å². The molecule has 88 valence electrons. The maximum Gasteiger partial charge on any atom is 0.337 e. The van der Waals surface area contributed by atoms with Crippen molar-refractivity contribution >= 4 is 11.7 Å². The lowest BCUT2D eigenvalue weighted by molar-refractivity contribution is -0.0914. The van der Waals surface area contributed by atoms with Crippen molar-refractivity contribution in [3.63, 3.8) is 0 Å². The van der Waals surface area contributed by atoms with Crippen LogP contribution in [0.25, 0.3) is 0 Å². The summed E-state index contributed by atoms with van der Waals surface area (Å²) in [6.45, 7) is 0.386. The van der Waals surface area contributed by atoms with E-state index in [4.69, 9.17) is 14.6 Å². The number of carboxylic acid groups (broad SMARTS) is 1. The molecule has 0 saturated heterocycles. The Morgan fingerprint density at radius 2 is 2.00 bits per heavy atom.